The molecule has 7 heteroatoms. The lowest BCUT2D eigenvalue weighted by Gasteiger charge is -2.18. The normalized spacial score (nSPS) is 11.8. The van der Waals surface area contributed by atoms with Crippen molar-refractivity contribution in [2.24, 2.45) is 0 Å². The first-order valence-electron chi connectivity index (χ1n) is 6.26. The minimum atomic E-state index is -0.503. The number of aliphatic hydroxyl groups excluding tert-OH is 1. The molecule has 0 bridgehead atoms. The van der Waals surface area contributed by atoms with Gasteiger partial charge in [-0.05, 0) is 25.5 Å². The zero-order valence-electron chi connectivity index (χ0n) is 11.8. The molecule has 0 fully saturated rings. The molecule has 1 aromatic rings. The number of carbonyl (C=O) groups excluding carboxylic acids is 1. The number of nitrogens with zero attached hydrogens (tertiary/aromatic N) is 2. The van der Waals surface area contributed by atoms with Crippen LogP contribution in [0.25, 0.3) is 0 Å². The Morgan fingerprint density at radius 2 is 2.20 bits per heavy atom. The molecule has 1 aromatic carbocycles. The van der Waals surface area contributed by atoms with Gasteiger partial charge in [0, 0.05) is 32.3 Å². The lowest BCUT2D eigenvalue weighted by Crippen LogP contribution is -2.29. The number of nitro groups is 1. The quantitative estimate of drug-likeness (QED) is 0.608. The van der Waals surface area contributed by atoms with Crippen LogP contribution in [0, 0.1) is 10.1 Å². The molecule has 110 valence electrons. The molecule has 7 nitrogen and oxygen atoms in total. The number of anilines is 1. The molecule has 0 saturated heterocycles. The number of hydrogen-bond donors (Lipinski definition) is 2. The Hall–Kier alpha value is -2.15. The molecule has 1 atom stereocenters. The summed E-state index contributed by atoms with van der Waals surface area (Å²) in [7, 11) is 3.19. The molecule has 0 radical (unpaired) electrons. The summed E-state index contributed by atoms with van der Waals surface area (Å²) in [6.45, 7) is 2.08. The highest BCUT2D eigenvalue weighted by Crippen LogP contribution is 2.25. The second kappa shape index (κ2) is 6.85. The Morgan fingerprint density at radius 1 is 1.55 bits per heavy atom. The van der Waals surface area contributed by atoms with Crippen LogP contribution in [-0.2, 0) is 0 Å². The highest BCUT2D eigenvalue weighted by Gasteiger charge is 2.18. The van der Waals surface area contributed by atoms with Gasteiger partial charge in [-0.3, -0.25) is 14.9 Å². The molecule has 20 heavy (non-hydrogen) atoms. The summed E-state index contributed by atoms with van der Waals surface area (Å²) in [5.41, 5.74) is 0.591. The van der Waals surface area contributed by atoms with E-state index in [0.717, 1.165) is 0 Å². The fraction of sp³-hybridized carbons (Fsp3) is 0.462. The van der Waals surface area contributed by atoms with E-state index in [2.05, 4.69) is 5.32 Å². The van der Waals surface area contributed by atoms with Crippen LogP contribution in [0.5, 0.6) is 0 Å². The van der Waals surface area contributed by atoms with Gasteiger partial charge < -0.3 is 15.3 Å². The lowest BCUT2D eigenvalue weighted by atomic mass is 10.1. The van der Waals surface area contributed by atoms with Gasteiger partial charge >= 0.3 is 0 Å². The van der Waals surface area contributed by atoms with Crippen molar-refractivity contribution in [2.75, 3.05) is 26.0 Å². The van der Waals surface area contributed by atoms with Crippen molar-refractivity contribution >= 4 is 17.3 Å². The molecule has 1 unspecified atom stereocenters. The van der Waals surface area contributed by atoms with Crippen molar-refractivity contribution in [3.63, 3.8) is 0 Å². The predicted molar refractivity (Wildman–Crippen MR) is 75.9 cm³/mol. The summed E-state index contributed by atoms with van der Waals surface area (Å²) in [5, 5.41) is 22.7. The van der Waals surface area contributed by atoms with E-state index in [0.29, 0.717) is 24.2 Å². The number of benzene rings is 1. The van der Waals surface area contributed by atoms with E-state index in [1.54, 1.807) is 21.0 Å². The maximum atomic E-state index is 12.2. The molecular weight excluding hydrogens is 262 g/mol. The third kappa shape index (κ3) is 3.92. The predicted octanol–water partition coefficient (Wildman–Crippen LogP) is 1.48. The van der Waals surface area contributed by atoms with Gasteiger partial charge in [0.05, 0.1) is 11.0 Å². The first-order chi connectivity index (χ1) is 9.36. The minimum absolute atomic E-state index is 0.0734. The highest BCUT2D eigenvalue weighted by atomic mass is 16.6. The maximum Gasteiger partial charge on any atom is 0.292 e. The van der Waals surface area contributed by atoms with E-state index in [-0.39, 0.29) is 11.6 Å². The first kappa shape index (κ1) is 15.9. The van der Waals surface area contributed by atoms with Crippen LogP contribution in [0.1, 0.15) is 23.7 Å². The molecule has 0 aliphatic heterocycles. The Labute approximate surface area is 117 Å². The van der Waals surface area contributed by atoms with Gasteiger partial charge in [-0.1, -0.05) is 0 Å². The number of nitro benzene ring substituents is 1. The average molecular weight is 281 g/mol. The van der Waals surface area contributed by atoms with Crippen LogP contribution in [-0.4, -0.2) is 47.6 Å². The van der Waals surface area contributed by atoms with E-state index in [1.165, 1.54) is 23.1 Å². The summed E-state index contributed by atoms with van der Waals surface area (Å²) in [6, 6.07) is 4.20. The maximum absolute atomic E-state index is 12.2. The Morgan fingerprint density at radius 3 is 2.70 bits per heavy atom. The van der Waals surface area contributed by atoms with E-state index in [4.69, 9.17) is 0 Å². The number of hydrogen-bond acceptors (Lipinski definition) is 5. The number of amides is 1. The first-order valence-corrected chi connectivity index (χ1v) is 6.26. The molecule has 0 heterocycles. The van der Waals surface area contributed by atoms with Crippen molar-refractivity contribution in [1.29, 1.82) is 0 Å². The largest absolute Gasteiger partial charge is 0.393 e. The molecule has 2 N–H and O–H groups in total. The second-order valence-corrected chi connectivity index (χ2v) is 4.60. The van der Waals surface area contributed by atoms with Gasteiger partial charge in [0.15, 0.2) is 0 Å². The topological polar surface area (TPSA) is 95.7 Å². The molecule has 1 amide bonds. The third-order valence-corrected chi connectivity index (χ3v) is 2.94. The van der Waals surface area contributed by atoms with Crippen molar-refractivity contribution < 1.29 is 14.8 Å². The van der Waals surface area contributed by atoms with Gasteiger partial charge in [0.25, 0.3) is 11.6 Å². The van der Waals surface area contributed by atoms with Crippen LogP contribution < -0.4 is 5.32 Å². The number of aliphatic hydroxyl groups is 1. The van der Waals surface area contributed by atoms with Crippen LogP contribution in [0.4, 0.5) is 11.4 Å². The minimum Gasteiger partial charge on any atom is -0.393 e. The zero-order valence-corrected chi connectivity index (χ0v) is 11.8. The van der Waals surface area contributed by atoms with Crippen LogP contribution in [0.3, 0.4) is 0 Å². The smallest absolute Gasteiger partial charge is 0.292 e. The van der Waals surface area contributed by atoms with E-state index in [1.807, 2.05) is 0 Å². The van der Waals surface area contributed by atoms with Crippen molar-refractivity contribution in [1.82, 2.24) is 4.90 Å². The molecule has 0 aliphatic carbocycles. The number of carbonyl (C=O) groups is 1. The summed E-state index contributed by atoms with van der Waals surface area (Å²) >= 11 is 0. The van der Waals surface area contributed by atoms with E-state index in [9.17, 15) is 20.0 Å². The second-order valence-electron chi connectivity index (χ2n) is 4.60. The van der Waals surface area contributed by atoms with Gasteiger partial charge in [-0.25, -0.2) is 0 Å². The molecular formula is C13H19N3O4. The summed E-state index contributed by atoms with van der Waals surface area (Å²) in [4.78, 5) is 23.9. The van der Waals surface area contributed by atoms with Crippen molar-refractivity contribution in [3.05, 3.63) is 33.9 Å². The number of rotatable bonds is 6. The summed E-state index contributed by atoms with van der Waals surface area (Å²) in [6.07, 6.45) is 0.00339. The summed E-state index contributed by atoms with van der Waals surface area (Å²) < 4.78 is 0. The van der Waals surface area contributed by atoms with Crippen LogP contribution >= 0.6 is 0 Å². The average Bonchev–Trinajstić information content (AvgIpc) is 2.42. The molecule has 0 aliphatic rings. The monoisotopic (exact) mass is 281 g/mol. The van der Waals surface area contributed by atoms with Gasteiger partial charge in [-0.15, -0.1) is 0 Å². The van der Waals surface area contributed by atoms with Crippen molar-refractivity contribution in [2.45, 2.75) is 19.4 Å². The fourth-order valence-corrected chi connectivity index (χ4v) is 1.73. The van der Waals surface area contributed by atoms with Crippen LogP contribution in [0.15, 0.2) is 18.2 Å². The lowest BCUT2D eigenvalue weighted by molar-refractivity contribution is -0.383. The van der Waals surface area contributed by atoms with Crippen LogP contribution in [0.2, 0.25) is 0 Å². The van der Waals surface area contributed by atoms with Crippen molar-refractivity contribution in [3.8, 4) is 0 Å². The molecule has 0 aromatic heterocycles. The standard InChI is InChI=1S/C13H19N3O4/c1-9(17)6-7-15(3)13(18)10-4-5-12(16(19)20)11(8-10)14-2/h4-5,8-9,14,17H,6-7H2,1-3H3. The third-order valence-electron chi connectivity index (χ3n) is 2.94. The molecule has 0 saturated carbocycles. The Kier molecular flexibility index (Phi) is 5.45. The van der Waals surface area contributed by atoms with Gasteiger partial charge in [-0.2, -0.15) is 0 Å². The Balaban J connectivity index is 2.91. The fourth-order valence-electron chi connectivity index (χ4n) is 1.73. The van der Waals surface area contributed by atoms with Gasteiger partial charge in [0.2, 0.25) is 0 Å². The van der Waals surface area contributed by atoms with E-state index >= 15 is 0 Å². The molecule has 0 spiro atoms. The SMILES string of the molecule is CNc1cc(C(=O)N(C)CCC(C)O)ccc1[N+](=O)[O-]. The van der Waals surface area contributed by atoms with Gasteiger partial charge in [0.1, 0.15) is 5.69 Å². The zero-order chi connectivity index (χ0) is 15.3. The Bertz CT molecular complexity index is 502. The highest BCUT2D eigenvalue weighted by molar-refractivity contribution is 5.95. The van der Waals surface area contributed by atoms with E-state index < -0.39 is 11.0 Å². The molecule has 1 rings (SSSR count). The number of nitrogens with one attached hydrogen (secondary N) is 1. The summed E-state index contributed by atoms with van der Waals surface area (Å²) in [5.74, 6) is -0.239.